The van der Waals surface area contributed by atoms with E-state index in [2.05, 4.69) is 15.1 Å². The second-order valence-corrected chi connectivity index (χ2v) is 8.17. The van der Waals surface area contributed by atoms with E-state index in [9.17, 15) is 4.79 Å². The summed E-state index contributed by atoms with van der Waals surface area (Å²) >= 11 is 0. The molecule has 4 aromatic rings. The zero-order valence-electron chi connectivity index (χ0n) is 18.7. The van der Waals surface area contributed by atoms with Crippen LogP contribution in [-0.2, 0) is 4.79 Å². The molecule has 1 aliphatic carbocycles. The number of ketones is 1. The second-order valence-electron chi connectivity index (χ2n) is 8.17. The first kappa shape index (κ1) is 20.3. The molecular formula is C25H21N5O4. The Morgan fingerprint density at radius 3 is 2.68 bits per heavy atom. The van der Waals surface area contributed by atoms with Gasteiger partial charge in [0, 0.05) is 36.4 Å². The summed E-state index contributed by atoms with van der Waals surface area (Å²) in [6.07, 6.45) is 6.90. The van der Waals surface area contributed by atoms with Crippen molar-refractivity contribution in [3.8, 4) is 28.8 Å². The van der Waals surface area contributed by atoms with Gasteiger partial charge in [-0.1, -0.05) is 6.07 Å². The molecular weight excluding hydrogens is 434 g/mol. The van der Waals surface area contributed by atoms with E-state index in [4.69, 9.17) is 19.2 Å². The first-order chi connectivity index (χ1) is 16.7. The Balaban J connectivity index is 1.61. The average molecular weight is 455 g/mol. The lowest BCUT2D eigenvalue weighted by molar-refractivity contribution is -0.116. The molecule has 1 atom stereocenters. The highest BCUT2D eigenvalue weighted by Crippen LogP contribution is 2.48. The van der Waals surface area contributed by atoms with E-state index < -0.39 is 5.92 Å². The Bertz CT molecular complexity index is 1460. The highest BCUT2D eigenvalue weighted by atomic mass is 16.5. The monoisotopic (exact) mass is 455 g/mol. The summed E-state index contributed by atoms with van der Waals surface area (Å²) in [5.74, 6) is 2.50. The van der Waals surface area contributed by atoms with Crippen LogP contribution in [0.4, 0.5) is 0 Å². The van der Waals surface area contributed by atoms with Crippen LogP contribution in [0.15, 0.2) is 60.4 Å². The maximum atomic E-state index is 13.2. The van der Waals surface area contributed by atoms with E-state index in [0.29, 0.717) is 58.6 Å². The number of carbonyl (C=O) groups excluding carboxylic acids is 1. The van der Waals surface area contributed by atoms with E-state index in [1.54, 1.807) is 37.5 Å². The minimum atomic E-state index is -0.419. The maximum Gasteiger partial charge on any atom is 0.228 e. The second kappa shape index (κ2) is 7.95. The molecule has 9 heteroatoms. The van der Waals surface area contributed by atoms with Crippen LogP contribution in [-0.4, -0.2) is 44.6 Å². The van der Waals surface area contributed by atoms with Gasteiger partial charge in [-0.05, 0) is 36.2 Å². The van der Waals surface area contributed by atoms with E-state index in [0.717, 1.165) is 17.5 Å². The van der Waals surface area contributed by atoms with Crippen molar-refractivity contribution in [2.24, 2.45) is 0 Å². The lowest BCUT2D eigenvalue weighted by atomic mass is 9.78. The van der Waals surface area contributed by atoms with Crippen LogP contribution in [0.1, 0.15) is 36.3 Å². The Morgan fingerprint density at radius 1 is 1.06 bits per heavy atom. The van der Waals surface area contributed by atoms with Gasteiger partial charge in [-0.2, -0.15) is 0 Å². The molecule has 1 unspecified atom stereocenters. The van der Waals surface area contributed by atoms with Crippen LogP contribution in [0.2, 0.25) is 0 Å². The molecule has 9 nitrogen and oxygen atoms in total. The third-order valence-electron chi connectivity index (χ3n) is 6.27. The fourth-order valence-electron chi connectivity index (χ4n) is 4.71. The summed E-state index contributed by atoms with van der Waals surface area (Å²) in [6, 6.07) is 9.38. The average Bonchev–Trinajstić information content (AvgIpc) is 3.32. The number of carbonyl (C=O) groups is 1. The van der Waals surface area contributed by atoms with Gasteiger partial charge in [0.15, 0.2) is 28.8 Å². The molecule has 0 saturated heterocycles. The zero-order chi connectivity index (χ0) is 23.2. The van der Waals surface area contributed by atoms with Crippen LogP contribution >= 0.6 is 0 Å². The fraction of sp³-hybridized carbons (Fsp3) is 0.240. The fourth-order valence-corrected chi connectivity index (χ4v) is 4.71. The van der Waals surface area contributed by atoms with E-state index in [1.807, 2.05) is 30.3 Å². The summed E-state index contributed by atoms with van der Waals surface area (Å²) in [7, 11) is 3.19. The molecule has 2 aliphatic rings. The van der Waals surface area contributed by atoms with Gasteiger partial charge in [-0.15, -0.1) is 5.10 Å². The van der Waals surface area contributed by atoms with Crippen LogP contribution < -0.4 is 14.2 Å². The number of pyridine rings is 1. The third kappa shape index (κ3) is 3.12. The van der Waals surface area contributed by atoms with E-state index in [1.165, 1.54) is 0 Å². The van der Waals surface area contributed by atoms with Crippen molar-refractivity contribution in [3.05, 3.63) is 71.5 Å². The Kier molecular flexibility index (Phi) is 4.75. The van der Waals surface area contributed by atoms with Crippen molar-refractivity contribution in [3.63, 3.8) is 0 Å². The third-order valence-corrected chi connectivity index (χ3v) is 6.27. The van der Waals surface area contributed by atoms with Crippen LogP contribution in [0, 0.1) is 0 Å². The van der Waals surface area contributed by atoms with E-state index in [-0.39, 0.29) is 5.78 Å². The van der Waals surface area contributed by atoms with Gasteiger partial charge in [0.2, 0.25) is 5.88 Å². The smallest absolute Gasteiger partial charge is 0.228 e. The number of benzene rings is 1. The Hall–Kier alpha value is -4.27. The molecule has 0 saturated carbocycles. The maximum absolute atomic E-state index is 13.2. The molecule has 0 N–H and O–H groups in total. The summed E-state index contributed by atoms with van der Waals surface area (Å²) in [5.41, 5.74) is 3.64. The van der Waals surface area contributed by atoms with Gasteiger partial charge in [0.25, 0.3) is 0 Å². The molecule has 6 rings (SSSR count). The standard InChI is InChI=1S/C25H21N5O4/c1-32-17-7-6-15(12-19(17)33-2)20-21-16(31)4-3-5-18(21)34-25-22(20)24-28-23(29-30(24)13-27-25)14-8-10-26-11-9-14/h6-13,20H,3-5H2,1-2H3. The highest BCUT2D eigenvalue weighted by molar-refractivity contribution is 6.00. The summed E-state index contributed by atoms with van der Waals surface area (Å²) in [6.45, 7) is 0. The molecule has 0 amide bonds. The van der Waals surface area contributed by atoms with Crippen LogP contribution in [0.3, 0.4) is 0 Å². The van der Waals surface area contributed by atoms with Gasteiger partial charge < -0.3 is 14.2 Å². The number of fused-ring (bicyclic) bond motifs is 3. The van der Waals surface area contributed by atoms with E-state index >= 15 is 0 Å². The number of rotatable bonds is 4. The van der Waals surface area contributed by atoms with Gasteiger partial charge in [-0.25, -0.2) is 14.5 Å². The molecule has 4 heterocycles. The largest absolute Gasteiger partial charge is 0.493 e. The minimum Gasteiger partial charge on any atom is -0.493 e. The SMILES string of the molecule is COc1ccc(C2C3=C(CCCC3=O)Oc3ncn4nc(-c5ccncc5)nc4c32)cc1OC. The first-order valence-electron chi connectivity index (χ1n) is 11.0. The van der Waals surface area contributed by atoms with Crippen molar-refractivity contribution in [1.29, 1.82) is 0 Å². The Morgan fingerprint density at radius 2 is 1.88 bits per heavy atom. The molecule has 0 bridgehead atoms. The molecule has 0 radical (unpaired) electrons. The van der Waals surface area contributed by atoms with Crippen molar-refractivity contribution >= 4 is 11.4 Å². The number of hydrogen-bond donors (Lipinski definition) is 0. The molecule has 3 aromatic heterocycles. The highest BCUT2D eigenvalue weighted by Gasteiger charge is 2.40. The number of hydrogen-bond acceptors (Lipinski definition) is 8. The molecule has 1 aliphatic heterocycles. The topological polar surface area (TPSA) is 101 Å². The van der Waals surface area contributed by atoms with Crippen LogP contribution in [0.25, 0.3) is 17.0 Å². The Labute approximate surface area is 195 Å². The van der Waals surface area contributed by atoms with Gasteiger partial charge in [0.1, 0.15) is 12.1 Å². The first-order valence-corrected chi connectivity index (χ1v) is 11.0. The molecule has 0 spiro atoms. The van der Waals surface area contributed by atoms with Crippen molar-refractivity contribution < 1.29 is 19.0 Å². The zero-order valence-corrected chi connectivity index (χ0v) is 18.7. The summed E-state index contributed by atoms with van der Waals surface area (Å²) in [5, 5.41) is 4.62. The summed E-state index contributed by atoms with van der Waals surface area (Å²) in [4.78, 5) is 26.6. The number of ether oxygens (including phenoxy) is 3. The quantitative estimate of drug-likeness (QED) is 0.459. The number of aromatic nitrogens is 5. The summed E-state index contributed by atoms with van der Waals surface area (Å²) < 4.78 is 18.8. The lowest BCUT2D eigenvalue weighted by Crippen LogP contribution is -2.26. The molecule has 1 aromatic carbocycles. The number of allylic oxidation sites excluding steroid dienone is 2. The lowest BCUT2D eigenvalue weighted by Gasteiger charge is -2.32. The minimum absolute atomic E-state index is 0.0718. The normalized spacial score (nSPS) is 17.2. The molecule has 170 valence electrons. The number of Topliss-reactive ketones (excluding diaryl/α,β-unsaturated/α-hetero) is 1. The predicted octanol–water partition coefficient (Wildman–Crippen LogP) is 3.73. The van der Waals surface area contributed by atoms with Gasteiger partial charge >= 0.3 is 0 Å². The van der Waals surface area contributed by atoms with Gasteiger partial charge in [-0.3, -0.25) is 9.78 Å². The van der Waals surface area contributed by atoms with Crippen LogP contribution in [0.5, 0.6) is 17.4 Å². The number of methoxy groups -OCH3 is 2. The van der Waals surface area contributed by atoms with Crippen molar-refractivity contribution in [2.75, 3.05) is 14.2 Å². The number of nitrogens with zero attached hydrogens (tertiary/aromatic N) is 5. The molecule has 0 fully saturated rings. The van der Waals surface area contributed by atoms with Crippen molar-refractivity contribution in [1.82, 2.24) is 24.6 Å². The van der Waals surface area contributed by atoms with Gasteiger partial charge in [0.05, 0.1) is 25.7 Å². The molecule has 34 heavy (non-hydrogen) atoms. The predicted molar refractivity (Wildman–Crippen MR) is 122 cm³/mol. The van der Waals surface area contributed by atoms with Crippen molar-refractivity contribution in [2.45, 2.75) is 25.2 Å².